The number of H-pyrrole nitrogens is 1. The van der Waals surface area contributed by atoms with E-state index in [2.05, 4.69) is 40.1 Å². The molecule has 2 N–H and O–H groups in total. The van der Waals surface area contributed by atoms with Gasteiger partial charge in [0.1, 0.15) is 0 Å². The van der Waals surface area contributed by atoms with Gasteiger partial charge in [-0.3, -0.25) is 4.99 Å². The minimum Gasteiger partial charge on any atom is -0.384 e. The van der Waals surface area contributed by atoms with E-state index < -0.39 is 12.6 Å². The topological polar surface area (TPSA) is 40.2 Å². The summed E-state index contributed by atoms with van der Waals surface area (Å²) in [7, 11) is 0. The summed E-state index contributed by atoms with van der Waals surface area (Å²) >= 11 is 0. The lowest BCUT2D eigenvalue weighted by Crippen LogP contribution is -2.28. The number of rotatable bonds is 9. The Morgan fingerprint density at radius 3 is 2.81 bits per heavy atom. The Bertz CT molecular complexity index is 815. The summed E-state index contributed by atoms with van der Waals surface area (Å²) < 4.78 is 36.9. The van der Waals surface area contributed by atoms with Crippen molar-refractivity contribution in [1.82, 2.24) is 10.3 Å². The molecule has 146 valence electrons. The molecule has 1 heterocycles. The number of hydrogen-bond acceptors (Lipinski definition) is 2. The summed E-state index contributed by atoms with van der Waals surface area (Å²) in [6, 6.07) is 8.32. The van der Waals surface area contributed by atoms with Crippen molar-refractivity contribution in [3.63, 3.8) is 0 Å². The van der Waals surface area contributed by atoms with Gasteiger partial charge in [-0.25, -0.2) is 0 Å². The van der Waals surface area contributed by atoms with Crippen LogP contribution in [-0.4, -0.2) is 30.0 Å². The second kappa shape index (κ2) is 9.44. The van der Waals surface area contributed by atoms with E-state index in [4.69, 9.17) is 0 Å². The summed E-state index contributed by atoms with van der Waals surface area (Å²) in [4.78, 5) is 7.46. The maximum atomic E-state index is 12.3. The van der Waals surface area contributed by atoms with Gasteiger partial charge >= 0.3 is 6.18 Å². The first-order chi connectivity index (χ1) is 12.8. The fourth-order valence-corrected chi connectivity index (χ4v) is 2.79. The van der Waals surface area contributed by atoms with E-state index in [1.54, 1.807) is 13.0 Å². The molecule has 0 aliphatic carbocycles. The molecule has 0 radical (unpaired) electrons. The lowest BCUT2D eigenvalue weighted by molar-refractivity contribution is -0.133. The monoisotopic (exact) mass is 377 g/mol. The molecule has 0 saturated carbocycles. The second-order valence-electron chi connectivity index (χ2n) is 6.70. The molecule has 0 fully saturated rings. The number of halogens is 3. The van der Waals surface area contributed by atoms with Gasteiger partial charge in [0.2, 0.25) is 0 Å². The quantitative estimate of drug-likeness (QED) is 0.552. The molecule has 1 aromatic carbocycles. The molecule has 0 aliphatic rings. The van der Waals surface area contributed by atoms with Crippen molar-refractivity contribution < 1.29 is 13.2 Å². The molecule has 0 saturated heterocycles. The largest absolute Gasteiger partial charge is 0.389 e. The third kappa shape index (κ3) is 7.33. The summed E-state index contributed by atoms with van der Waals surface area (Å²) in [6.07, 6.45) is 0.810. The van der Waals surface area contributed by atoms with Gasteiger partial charge in [-0.15, -0.1) is 0 Å². The van der Waals surface area contributed by atoms with Crippen LogP contribution in [0.5, 0.6) is 0 Å². The van der Waals surface area contributed by atoms with E-state index in [1.165, 1.54) is 11.6 Å². The minimum absolute atomic E-state index is 0.0424. The van der Waals surface area contributed by atoms with Crippen LogP contribution in [0.4, 0.5) is 13.2 Å². The fraction of sp³-hybridized carbons (Fsp3) is 0.381. The predicted molar refractivity (Wildman–Crippen MR) is 106 cm³/mol. The molecule has 1 aromatic heterocycles. The van der Waals surface area contributed by atoms with E-state index in [-0.39, 0.29) is 12.5 Å². The van der Waals surface area contributed by atoms with Crippen LogP contribution in [-0.2, 0) is 6.42 Å². The van der Waals surface area contributed by atoms with Gasteiger partial charge in [0.05, 0.1) is 6.54 Å². The number of benzene rings is 1. The molecule has 3 nitrogen and oxygen atoms in total. The van der Waals surface area contributed by atoms with Crippen LogP contribution in [0.2, 0.25) is 0 Å². The molecule has 0 bridgehead atoms. The Kier molecular flexibility index (Phi) is 7.28. The summed E-state index contributed by atoms with van der Waals surface area (Å²) in [5.41, 5.74) is 3.72. The summed E-state index contributed by atoms with van der Waals surface area (Å²) in [6.45, 7) is 8.23. The van der Waals surface area contributed by atoms with E-state index in [0.29, 0.717) is 18.5 Å². The second-order valence-corrected chi connectivity index (χ2v) is 6.70. The Morgan fingerprint density at radius 2 is 2.11 bits per heavy atom. The zero-order chi connectivity index (χ0) is 19.9. The SMILES string of the molecule is C=C(Cc1ccc2cc[nH]c2c1)NC(C)CN=C/C(=C\C)CCC(F)(F)F. The number of fused-ring (bicyclic) bond motifs is 1. The summed E-state index contributed by atoms with van der Waals surface area (Å²) in [5.74, 6) is 0. The van der Waals surface area contributed by atoms with Crippen LogP contribution in [0.3, 0.4) is 0 Å². The first-order valence-corrected chi connectivity index (χ1v) is 8.99. The molecule has 0 spiro atoms. The van der Waals surface area contributed by atoms with Crippen molar-refractivity contribution in [1.29, 1.82) is 0 Å². The van der Waals surface area contributed by atoms with Gasteiger partial charge in [-0.1, -0.05) is 24.8 Å². The standard InChI is InChI=1S/C21H26F3N3/c1-4-17(7-9-21(22,23)24)14-25-13-16(3)27-15(2)11-18-5-6-19-8-10-26-20(19)12-18/h4-6,8,10,12,14,16,26-27H,2,7,9,11,13H2,1,3H3/b17-4-,25-14?. The lowest BCUT2D eigenvalue weighted by Gasteiger charge is -2.15. The highest BCUT2D eigenvalue weighted by Gasteiger charge is 2.26. The third-order valence-electron chi connectivity index (χ3n) is 4.19. The van der Waals surface area contributed by atoms with Crippen LogP contribution in [0.1, 0.15) is 32.3 Å². The van der Waals surface area contributed by atoms with Crippen LogP contribution in [0, 0.1) is 0 Å². The molecule has 1 unspecified atom stereocenters. The summed E-state index contributed by atoms with van der Waals surface area (Å²) in [5, 5.41) is 4.47. The molecule has 2 aromatic rings. The van der Waals surface area contributed by atoms with Gasteiger partial charge in [-0.05, 0) is 48.9 Å². The van der Waals surface area contributed by atoms with Crippen LogP contribution in [0.25, 0.3) is 10.9 Å². The van der Waals surface area contributed by atoms with Crippen molar-refractivity contribution in [3.05, 3.63) is 60.0 Å². The number of nitrogens with one attached hydrogen (secondary N) is 2. The van der Waals surface area contributed by atoms with Crippen molar-refractivity contribution in [3.8, 4) is 0 Å². The van der Waals surface area contributed by atoms with Gasteiger partial charge in [0.25, 0.3) is 0 Å². The average Bonchev–Trinajstić information content (AvgIpc) is 3.04. The maximum Gasteiger partial charge on any atom is 0.389 e. The number of nitrogens with zero attached hydrogens (tertiary/aromatic N) is 1. The molecule has 2 rings (SSSR count). The van der Waals surface area contributed by atoms with Crippen molar-refractivity contribution in [2.45, 2.75) is 45.3 Å². The normalized spacial score (nSPS) is 14.0. The third-order valence-corrected chi connectivity index (χ3v) is 4.19. The first-order valence-electron chi connectivity index (χ1n) is 8.99. The Balaban J connectivity index is 1.78. The smallest absolute Gasteiger partial charge is 0.384 e. The number of aromatic amines is 1. The lowest BCUT2D eigenvalue weighted by atomic mass is 10.1. The highest BCUT2D eigenvalue weighted by atomic mass is 19.4. The van der Waals surface area contributed by atoms with Crippen molar-refractivity contribution >= 4 is 17.1 Å². The van der Waals surface area contributed by atoms with Crippen LogP contribution >= 0.6 is 0 Å². The van der Waals surface area contributed by atoms with Crippen LogP contribution in [0.15, 0.2) is 59.4 Å². The van der Waals surface area contributed by atoms with Crippen LogP contribution < -0.4 is 5.32 Å². The van der Waals surface area contributed by atoms with E-state index in [0.717, 1.165) is 16.8 Å². The van der Waals surface area contributed by atoms with Crippen molar-refractivity contribution in [2.75, 3.05) is 6.54 Å². The van der Waals surface area contributed by atoms with Crippen molar-refractivity contribution in [2.24, 2.45) is 4.99 Å². The van der Waals surface area contributed by atoms with Gasteiger partial charge < -0.3 is 10.3 Å². The number of hydrogen-bond donors (Lipinski definition) is 2. The molecule has 0 amide bonds. The van der Waals surface area contributed by atoms with Gasteiger partial charge in [0, 0.05) is 42.5 Å². The number of aliphatic imine (C=N–C) groups is 1. The molecule has 6 heteroatoms. The maximum absolute atomic E-state index is 12.3. The van der Waals surface area contributed by atoms with E-state index in [1.807, 2.05) is 19.2 Å². The Labute approximate surface area is 158 Å². The highest BCUT2D eigenvalue weighted by Crippen LogP contribution is 2.23. The molecule has 1 atom stereocenters. The predicted octanol–water partition coefficient (Wildman–Crippen LogP) is 5.56. The number of allylic oxidation sites excluding steroid dienone is 3. The fourth-order valence-electron chi connectivity index (χ4n) is 2.79. The van der Waals surface area contributed by atoms with E-state index >= 15 is 0 Å². The zero-order valence-corrected chi connectivity index (χ0v) is 15.7. The minimum atomic E-state index is -4.14. The zero-order valence-electron chi connectivity index (χ0n) is 15.7. The Hall–Kier alpha value is -2.50. The van der Waals surface area contributed by atoms with Gasteiger partial charge in [-0.2, -0.15) is 13.2 Å². The first kappa shape index (κ1) is 20.8. The van der Waals surface area contributed by atoms with Gasteiger partial charge in [0.15, 0.2) is 0 Å². The number of aromatic nitrogens is 1. The average molecular weight is 377 g/mol. The van der Waals surface area contributed by atoms with E-state index in [9.17, 15) is 13.2 Å². The molecule has 27 heavy (non-hydrogen) atoms. The molecular formula is C21H26F3N3. The number of alkyl halides is 3. The highest BCUT2D eigenvalue weighted by molar-refractivity contribution is 5.80. The Morgan fingerprint density at radius 1 is 1.33 bits per heavy atom. The molecule has 0 aliphatic heterocycles. The molecular weight excluding hydrogens is 351 g/mol.